The molecule has 0 radical (unpaired) electrons. The Morgan fingerprint density at radius 3 is 2.35 bits per heavy atom. The molecule has 112 valence electrons. The van der Waals surface area contributed by atoms with E-state index >= 15 is 0 Å². The van der Waals surface area contributed by atoms with Gasteiger partial charge in [0.05, 0.1) is 12.2 Å². The number of hydrogen-bond donors (Lipinski definition) is 2. The number of carbonyl (C=O) groups excluding carboxylic acids is 1. The Bertz CT molecular complexity index is 465. The first kappa shape index (κ1) is 16.6. The fourth-order valence-electron chi connectivity index (χ4n) is 2.14. The van der Waals surface area contributed by atoms with Crippen LogP contribution in [0.5, 0.6) is 0 Å². The van der Waals surface area contributed by atoms with Gasteiger partial charge in [-0.3, -0.25) is 4.79 Å². The van der Waals surface area contributed by atoms with E-state index < -0.39 is 5.97 Å². The Labute approximate surface area is 123 Å². The third-order valence-electron chi connectivity index (χ3n) is 3.09. The van der Waals surface area contributed by atoms with Crippen molar-refractivity contribution in [3.63, 3.8) is 0 Å². The number of thiazole rings is 1. The van der Waals surface area contributed by atoms with Gasteiger partial charge >= 0.3 is 5.97 Å². The van der Waals surface area contributed by atoms with E-state index in [-0.39, 0.29) is 16.7 Å². The lowest BCUT2D eigenvalue weighted by atomic mass is 9.97. The predicted octanol–water partition coefficient (Wildman–Crippen LogP) is 2.98. The molecule has 0 aliphatic rings. The van der Waals surface area contributed by atoms with E-state index in [1.165, 1.54) is 0 Å². The van der Waals surface area contributed by atoms with Crippen LogP contribution in [0.2, 0.25) is 0 Å². The van der Waals surface area contributed by atoms with Crippen LogP contribution in [0.1, 0.15) is 59.9 Å². The number of aromatic carboxylic acids is 1. The van der Waals surface area contributed by atoms with E-state index in [1.54, 1.807) is 6.92 Å². The van der Waals surface area contributed by atoms with E-state index in [2.05, 4.69) is 24.1 Å². The minimum absolute atomic E-state index is 0.0402. The van der Waals surface area contributed by atoms with Crippen LogP contribution >= 0.6 is 11.3 Å². The maximum atomic E-state index is 12.1. The summed E-state index contributed by atoms with van der Waals surface area (Å²) in [7, 11) is 0. The quantitative estimate of drug-likeness (QED) is 0.773. The molecule has 2 N–H and O–H groups in total. The molecule has 1 heterocycles. The largest absolute Gasteiger partial charge is 0.477 e. The second-order valence-corrected chi connectivity index (χ2v) is 5.90. The van der Waals surface area contributed by atoms with Crippen LogP contribution in [-0.2, 0) is 11.3 Å². The summed E-state index contributed by atoms with van der Waals surface area (Å²) in [5.74, 6) is -0.879. The third kappa shape index (κ3) is 4.59. The predicted molar refractivity (Wildman–Crippen MR) is 79.0 cm³/mol. The zero-order valence-electron chi connectivity index (χ0n) is 12.2. The minimum atomic E-state index is -0.965. The molecule has 0 unspecified atom stereocenters. The lowest BCUT2D eigenvalue weighted by molar-refractivity contribution is -0.125. The summed E-state index contributed by atoms with van der Waals surface area (Å²) >= 11 is 1.12. The van der Waals surface area contributed by atoms with Crippen molar-refractivity contribution in [2.75, 3.05) is 0 Å². The lowest BCUT2D eigenvalue weighted by Crippen LogP contribution is -2.30. The molecule has 0 atom stereocenters. The normalized spacial score (nSPS) is 10.8. The van der Waals surface area contributed by atoms with Crippen LogP contribution in [-0.4, -0.2) is 22.0 Å². The van der Waals surface area contributed by atoms with Gasteiger partial charge in [0.2, 0.25) is 5.91 Å². The molecular weight excluding hydrogens is 276 g/mol. The third-order valence-corrected chi connectivity index (χ3v) is 4.24. The summed E-state index contributed by atoms with van der Waals surface area (Å²) in [5, 5.41) is 12.5. The average molecular weight is 298 g/mol. The molecule has 0 spiro atoms. The van der Waals surface area contributed by atoms with Gasteiger partial charge in [0.1, 0.15) is 9.88 Å². The SMILES string of the molecule is CCCC(CCC)C(=O)NCc1nc(C)c(C(=O)O)s1. The van der Waals surface area contributed by atoms with Crippen molar-refractivity contribution in [1.29, 1.82) is 0 Å². The van der Waals surface area contributed by atoms with Gasteiger partial charge in [0, 0.05) is 5.92 Å². The number of carboxylic acids is 1. The maximum absolute atomic E-state index is 12.1. The first-order chi connectivity index (χ1) is 9.49. The molecule has 1 rings (SSSR count). The number of carboxylic acid groups (broad SMARTS) is 1. The van der Waals surface area contributed by atoms with Crippen LogP contribution in [0, 0.1) is 12.8 Å². The van der Waals surface area contributed by atoms with Crippen LogP contribution in [0.15, 0.2) is 0 Å². The van der Waals surface area contributed by atoms with E-state index in [0.29, 0.717) is 17.2 Å². The van der Waals surface area contributed by atoms with Gasteiger partial charge in [-0.05, 0) is 19.8 Å². The molecule has 0 aromatic carbocycles. The number of rotatable bonds is 8. The topological polar surface area (TPSA) is 79.3 Å². The molecule has 0 fully saturated rings. The van der Waals surface area contributed by atoms with Crippen molar-refractivity contribution in [2.24, 2.45) is 5.92 Å². The van der Waals surface area contributed by atoms with Crippen molar-refractivity contribution < 1.29 is 14.7 Å². The first-order valence-corrected chi connectivity index (χ1v) is 7.78. The maximum Gasteiger partial charge on any atom is 0.347 e. The number of nitrogens with zero attached hydrogens (tertiary/aromatic N) is 1. The molecular formula is C14H22N2O3S. The van der Waals surface area contributed by atoms with Gasteiger partial charge in [-0.15, -0.1) is 11.3 Å². The fourth-order valence-corrected chi connectivity index (χ4v) is 2.98. The zero-order valence-corrected chi connectivity index (χ0v) is 13.0. The molecule has 0 saturated carbocycles. The smallest absolute Gasteiger partial charge is 0.347 e. The van der Waals surface area contributed by atoms with Crippen LogP contribution in [0.25, 0.3) is 0 Å². The Hall–Kier alpha value is -1.43. The molecule has 0 bridgehead atoms. The number of aryl methyl sites for hydroxylation is 1. The lowest BCUT2D eigenvalue weighted by Gasteiger charge is -2.14. The summed E-state index contributed by atoms with van der Waals surface area (Å²) in [4.78, 5) is 27.4. The molecule has 0 aliphatic carbocycles. The zero-order chi connectivity index (χ0) is 15.1. The minimum Gasteiger partial charge on any atom is -0.477 e. The van der Waals surface area contributed by atoms with Crippen molar-refractivity contribution in [1.82, 2.24) is 10.3 Å². The summed E-state index contributed by atoms with van der Waals surface area (Å²) in [6.07, 6.45) is 3.74. The number of carbonyl (C=O) groups is 2. The van der Waals surface area contributed by atoms with Crippen LogP contribution in [0.4, 0.5) is 0 Å². The first-order valence-electron chi connectivity index (χ1n) is 6.96. The number of nitrogens with one attached hydrogen (secondary N) is 1. The Morgan fingerprint density at radius 1 is 1.30 bits per heavy atom. The van der Waals surface area contributed by atoms with E-state index in [0.717, 1.165) is 37.0 Å². The highest BCUT2D eigenvalue weighted by Gasteiger charge is 2.18. The van der Waals surface area contributed by atoms with Crippen molar-refractivity contribution in [3.05, 3.63) is 15.6 Å². The van der Waals surface area contributed by atoms with Gasteiger partial charge in [-0.2, -0.15) is 0 Å². The molecule has 20 heavy (non-hydrogen) atoms. The summed E-state index contributed by atoms with van der Waals surface area (Å²) in [6, 6.07) is 0. The summed E-state index contributed by atoms with van der Waals surface area (Å²) in [6.45, 7) is 6.11. The monoisotopic (exact) mass is 298 g/mol. The molecule has 1 amide bonds. The molecule has 1 aromatic rings. The van der Waals surface area contributed by atoms with E-state index in [4.69, 9.17) is 5.11 Å². The molecule has 0 saturated heterocycles. The van der Waals surface area contributed by atoms with Crippen LogP contribution < -0.4 is 5.32 Å². The second kappa shape index (κ2) is 7.99. The van der Waals surface area contributed by atoms with Gasteiger partial charge in [0.15, 0.2) is 0 Å². The van der Waals surface area contributed by atoms with Gasteiger partial charge in [-0.25, -0.2) is 9.78 Å². The number of aromatic nitrogens is 1. The van der Waals surface area contributed by atoms with Crippen LogP contribution in [0.3, 0.4) is 0 Å². The highest BCUT2D eigenvalue weighted by Crippen LogP contribution is 2.18. The van der Waals surface area contributed by atoms with Gasteiger partial charge in [0.25, 0.3) is 0 Å². The number of hydrogen-bond acceptors (Lipinski definition) is 4. The molecule has 1 aromatic heterocycles. The Balaban J connectivity index is 2.59. The Kier molecular flexibility index (Phi) is 6.64. The number of amides is 1. The van der Waals surface area contributed by atoms with Crippen molar-refractivity contribution >= 4 is 23.2 Å². The summed E-state index contributed by atoms with van der Waals surface area (Å²) in [5.41, 5.74) is 0.505. The Morgan fingerprint density at radius 2 is 1.90 bits per heavy atom. The van der Waals surface area contributed by atoms with Gasteiger partial charge < -0.3 is 10.4 Å². The van der Waals surface area contributed by atoms with Gasteiger partial charge in [-0.1, -0.05) is 26.7 Å². The molecule has 0 aliphatic heterocycles. The second-order valence-electron chi connectivity index (χ2n) is 4.82. The highest BCUT2D eigenvalue weighted by molar-refractivity contribution is 7.13. The van der Waals surface area contributed by atoms with E-state index in [1.807, 2.05) is 0 Å². The van der Waals surface area contributed by atoms with Crippen molar-refractivity contribution in [3.8, 4) is 0 Å². The molecule has 5 nitrogen and oxygen atoms in total. The standard InChI is InChI=1S/C14H22N2O3S/c1-4-6-10(7-5-2)13(17)15-8-11-16-9(3)12(20-11)14(18)19/h10H,4-8H2,1-3H3,(H,15,17)(H,18,19). The average Bonchev–Trinajstić information content (AvgIpc) is 2.77. The van der Waals surface area contributed by atoms with Crippen molar-refractivity contribution in [2.45, 2.75) is 53.0 Å². The fraction of sp³-hybridized carbons (Fsp3) is 0.643. The summed E-state index contributed by atoms with van der Waals surface area (Å²) < 4.78 is 0. The van der Waals surface area contributed by atoms with E-state index in [9.17, 15) is 9.59 Å². The highest BCUT2D eigenvalue weighted by atomic mass is 32.1. The molecule has 6 heteroatoms.